The van der Waals surface area contributed by atoms with E-state index in [0.717, 1.165) is 11.1 Å². The van der Waals surface area contributed by atoms with Gasteiger partial charge in [-0.15, -0.1) is 0 Å². The van der Waals surface area contributed by atoms with E-state index in [4.69, 9.17) is 15.6 Å². The second kappa shape index (κ2) is 6.02. The lowest BCUT2D eigenvalue weighted by Gasteiger charge is -2.13. The van der Waals surface area contributed by atoms with Gasteiger partial charge in [0.25, 0.3) is 0 Å². The van der Waals surface area contributed by atoms with Crippen LogP contribution in [0.1, 0.15) is 0 Å². The number of hydrogen-bond acceptors (Lipinski definition) is 3. The molecule has 0 aliphatic carbocycles. The molecular formula is C15H15NO3. The van der Waals surface area contributed by atoms with E-state index in [1.165, 1.54) is 0 Å². The van der Waals surface area contributed by atoms with E-state index in [9.17, 15) is 4.79 Å². The van der Waals surface area contributed by atoms with Crippen LogP contribution in [-0.4, -0.2) is 23.7 Å². The van der Waals surface area contributed by atoms with Crippen molar-refractivity contribution in [2.24, 2.45) is 5.73 Å². The highest BCUT2D eigenvalue weighted by Crippen LogP contribution is 2.29. The summed E-state index contributed by atoms with van der Waals surface area (Å²) in [6.45, 7) is -0.0564. The Morgan fingerprint density at radius 1 is 1.11 bits per heavy atom. The van der Waals surface area contributed by atoms with Crippen molar-refractivity contribution in [2.75, 3.05) is 6.61 Å². The molecule has 0 saturated heterocycles. The average Bonchev–Trinajstić information content (AvgIpc) is 2.46. The Bertz CT molecular complexity index is 554. The first kappa shape index (κ1) is 13.1. The molecule has 1 atom stereocenters. The molecule has 19 heavy (non-hydrogen) atoms. The average molecular weight is 257 g/mol. The maximum absolute atomic E-state index is 10.7. The zero-order valence-corrected chi connectivity index (χ0v) is 10.3. The third-order valence-corrected chi connectivity index (χ3v) is 2.71. The third kappa shape index (κ3) is 3.33. The van der Waals surface area contributed by atoms with E-state index in [1.54, 1.807) is 6.07 Å². The standard InChI is InChI=1S/C15H15NO3/c16-13(15(17)18)10-19-14-9-5-4-8-12(14)11-6-2-1-3-7-11/h1-9,13H,10,16H2,(H,17,18). The molecule has 0 saturated carbocycles. The normalized spacial score (nSPS) is 11.8. The molecule has 0 heterocycles. The molecule has 0 aliphatic heterocycles. The molecule has 4 heteroatoms. The van der Waals surface area contributed by atoms with Crippen LogP contribution < -0.4 is 10.5 Å². The van der Waals surface area contributed by atoms with Crippen LogP contribution in [-0.2, 0) is 4.79 Å². The van der Waals surface area contributed by atoms with Gasteiger partial charge in [0.1, 0.15) is 18.4 Å². The summed E-state index contributed by atoms with van der Waals surface area (Å²) in [7, 11) is 0. The fourth-order valence-corrected chi connectivity index (χ4v) is 1.70. The molecule has 2 aromatic rings. The van der Waals surface area contributed by atoms with Crippen molar-refractivity contribution in [3.8, 4) is 16.9 Å². The first-order valence-corrected chi connectivity index (χ1v) is 5.94. The first-order valence-electron chi connectivity index (χ1n) is 5.94. The molecule has 0 aliphatic rings. The summed E-state index contributed by atoms with van der Waals surface area (Å²) in [6, 6.07) is 16.2. The number of carbonyl (C=O) groups is 1. The summed E-state index contributed by atoms with van der Waals surface area (Å²) in [5.74, 6) is -0.442. The van der Waals surface area contributed by atoms with E-state index in [-0.39, 0.29) is 6.61 Å². The van der Waals surface area contributed by atoms with Crippen molar-refractivity contribution in [1.29, 1.82) is 0 Å². The zero-order valence-electron chi connectivity index (χ0n) is 10.3. The number of nitrogens with two attached hydrogens (primary N) is 1. The monoisotopic (exact) mass is 257 g/mol. The van der Waals surface area contributed by atoms with Crippen molar-refractivity contribution in [1.82, 2.24) is 0 Å². The molecule has 0 fully saturated rings. The Morgan fingerprint density at radius 2 is 1.74 bits per heavy atom. The summed E-state index contributed by atoms with van der Waals surface area (Å²) in [5.41, 5.74) is 7.36. The Balaban J connectivity index is 2.20. The van der Waals surface area contributed by atoms with Crippen LogP contribution in [0.25, 0.3) is 11.1 Å². The minimum Gasteiger partial charge on any atom is -0.491 e. The SMILES string of the molecule is NC(COc1ccccc1-c1ccccc1)C(=O)O. The predicted molar refractivity (Wildman–Crippen MR) is 73.0 cm³/mol. The van der Waals surface area contributed by atoms with Gasteiger partial charge in [0, 0.05) is 5.56 Å². The van der Waals surface area contributed by atoms with Crippen molar-refractivity contribution in [3.63, 3.8) is 0 Å². The Hall–Kier alpha value is -2.33. The first-order chi connectivity index (χ1) is 9.18. The number of aliphatic carboxylic acids is 1. The fourth-order valence-electron chi connectivity index (χ4n) is 1.70. The quantitative estimate of drug-likeness (QED) is 0.860. The molecule has 0 radical (unpaired) electrons. The second-order valence-electron chi connectivity index (χ2n) is 4.12. The molecule has 1 unspecified atom stereocenters. The van der Waals surface area contributed by atoms with E-state index < -0.39 is 12.0 Å². The summed E-state index contributed by atoms with van der Waals surface area (Å²) < 4.78 is 5.51. The molecule has 98 valence electrons. The smallest absolute Gasteiger partial charge is 0.324 e. The Morgan fingerprint density at radius 3 is 2.42 bits per heavy atom. The lowest BCUT2D eigenvalue weighted by atomic mass is 10.1. The Labute approximate surface area is 111 Å². The van der Waals surface area contributed by atoms with Gasteiger partial charge in [0.15, 0.2) is 0 Å². The lowest BCUT2D eigenvalue weighted by molar-refractivity contribution is -0.139. The van der Waals surface area contributed by atoms with E-state index >= 15 is 0 Å². The molecule has 0 spiro atoms. The second-order valence-corrected chi connectivity index (χ2v) is 4.12. The number of hydrogen-bond donors (Lipinski definition) is 2. The fraction of sp³-hybridized carbons (Fsp3) is 0.133. The number of carboxylic acids is 1. The van der Waals surface area contributed by atoms with Gasteiger partial charge >= 0.3 is 5.97 Å². The predicted octanol–water partition coefficient (Wildman–Crippen LogP) is 2.14. The summed E-state index contributed by atoms with van der Waals surface area (Å²) in [6.07, 6.45) is 0. The van der Waals surface area contributed by atoms with Crippen molar-refractivity contribution in [3.05, 3.63) is 54.6 Å². The number of ether oxygens (including phenoxy) is 1. The maximum Gasteiger partial charge on any atom is 0.324 e. The van der Waals surface area contributed by atoms with Gasteiger partial charge in [-0.2, -0.15) is 0 Å². The molecule has 3 N–H and O–H groups in total. The van der Waals surface area contributed by atoms with Crippen LogP contribution in [0, 0.1) is 0 Å². The van der Waals surface area contributed by atoms with Crippen LogP contribution in [0.15, 0.2) is 54.6 Å². The lowest BCUT2D eigenvalue weighted by Crippen LogP contribution is -2.36. The van der Waals surface area contributed by atoms with Crippen LogP contribution >= 0.6 is 0 Å². The van der Waals surface area contributed by atoms with E-state index in [0.29, 0.717) is 5.75 Å². The van der Waals surface area contributed by atoms with Crippen molar-refractivity contribution < 1.29 is 14.6 Å². The Kier molecular flexibility index (Phi) is 4.15. The van der Waals surface area contributed by atoms with Crippen molar-refractivity contribution in [2.45, 2.75) is 6.04 Å². The van der Waals surface area contributed by atoms with Gasteiger partial charge in [-0.1, -0.05) is 48.5 Å². The molecule has 4 nitrogen and oxygen atoms in total. The topological polar surface area (TPSA) is 72.5 Å². The van der Waals surface area contributed by atoms with Gasteiger partial charge in [-0.3, -0.25) is 4.79 Å². The van der Waals surface area contributed by atoms with Gasteiger partial charge < -0.3 is 15.6 Å². The summed E-state index contributed by atoms with van der Waals surface area (Å²) >= 11 is 0. The minimum absolute atomic E-state index is 0.0564. The summed E-state index contributed by atoms with van der Waals surface area (Å²) in [5, 5.41) is 8.74. The maximum atomic E-state index is 10.7. The third-order valence-electron chi connectivity index (χ3n) is 2.71. The molecule has 2 rings (SSSR count). The van der Waals surface area contributed by atoms with Gasteiger partial charge in [0.05, 0.1) is 0 Å². The van der Waals surface area contributed by atoms with Crippen LogP contribution in [0.5, 0.6) is 5.75 Å². The highest BCUT2D eigenvalue weighted by molar-refractivity contribution is 5.73. The number of para-hydroxylation sites is 1. The molecule has 0 bridgehead atoms. The summed E-state index contributed by atoms with van der Waals surface area (Å²) in [4.78, 5) is 10.7. The van der Waals surface area contributed by atoms with Gasteiger partial charge in [-0.25, -0.2) is 0 Å². The van der Waals surface area contributed by atoms with Crippen LogP contribution in [0.2, 0.25) is 0 Å². The number of benzene rings is 2. The van der Waals surface area contributed by atoms with E-state index in [1.807, 2.05) is 48.5 Å². The van der Waals surface area contributed by atoms with Crippen LogP contribution in [0.4, 0.5) is 0 Å². The van der Waals surface area contributed by atoms with Gasteiger partial charge in [-0.05, 0) is 11.6 Å². The van der Waals surface area contributed by atoms with Crippen LogP contribution in [0.3, 0.4) is 0 Å². The molecule has 2 aromatic carbocycles. The van der Waals surface area contributed by atoms with E-state index in [2.05, 4.69) is 0 Å². The molecule has 0 amide bonds. The zero-order chi connectivity index (χ0) is 13.7. The highest BCUT2D eigenvalue weighted by Gasteiger charge is 2.13. The number of rotatable bonds is 5. The molecular weight excluding hydrogens is 242 g/mol. The minimum atomic E-state index is -1.07. The van der Waals surface area contributed by atoms with Gasteiger partial charge in [0.2, 0.25) is 0 Å². The molecule has 0 aromatic heterocycles. The van der Waals surface area contributed by atoms with Crippen molar-refractivity contribution >= 4 is 5.97 Å². The number of carboxylic acid groups (broad SMARTS) is 1. The highest BCUT2D eigenvalue weighted by atomic mass is 16.5. The largest absolute Gasteiger partial charge is 0.491 e.